The summed E-state index contributed by atoms with van der Waals surface area (Å²) in [7, 11) is 0. The van der Waals surface area contributed by atoms with Crippen molar-refractivity contribution in [2.45, 2.75) is 19.3 Å². The largest absolute Gasteiger partial charge is 0.481 e. The van der Waals surface area contributed by atoms with Gasteiger partial charge in [0.1, 0.15) is 0 Å². The number of rotatable bonds is 8. The van der Waals surface area contributed by atoms with Gasteiger partial charge in [-0.25, -0.2) is 4.79 Å². The van der Waals surface area contributed by atoms with Gasteiger partial charge < -0.3 is 10.4 Å². The Morgan fingerprint density at radius 2 is 1.95 bits per heavy atom. The molecule has 0 unspecified atom stereocenters. The zero-order valence-electron chi connectivity index (χ0n) is 11.3. The molecule has 0 aliphatic rings. The number of hydrogen-bond acceptors (Lipinski definition) is 4. The minimum atomic E-state index is -0.820. The monoisotopic (exact) mass is 313 g/mol. The molecular formula is C13H16ClN3O4. The molecule has 0 radical (unpaired) electrons. The third-order valence-corrected chi connectivity index (χ3v) is 2.86. The van der Waals surface area contributed by atoms with Gasteiger partial charge in [0.25, 0.3) is 0 Å². The van der Waals surface area contributed by atoms with Crippen LogP contribution in [0.25, 0.3) is 0 Å². The summed E-state index contributed by atoms with van der Waals surface area (Å²) in [6.07, 6.45) is 1.32. The third kappa shape index (κ3) is 6.22. The fraction of sp³-hybridized carbons (Fsp3) is 0.385. The van der Waals surface area contributed by atoms with Crippen LogP contribution >= 0.6 is 11.6 Å². The normalized spacial score (nSPS) is 9.95. The molecule has 21 heavy (non-hydrogen) atoms. The van der Waals surface area contributed by atoms with E-state index in [9.17, 15) is 14.5 Å². The molecule has 0 bridgehead atoms. The highest BCUT2D eigenvalue weighted by Crippen LogP contribution is 2.12. The number of carboxylic acids is 1. The quantitative estimate of drug-likeness (QED) is 0.438. The Labute approximate surface area is 126 Å². The van der Waals surface area contributed by atoms with Crippen LogP contribution in [0.2, 0.25) is 0 Å². The number of aryl methyl sites for hydroxylation is 1. The van der Waals surface area contributed by atoms with E-state index in [2.05, 4.69) is 10.6 Å². The number of halogens is 1. The number of anilines is 1. The van der Waals surface area contributed by atoms with Crippen LogP contribution in [-0.2, 0) is 11.2 Å². The molecule has 1 rings (SSSR count). The summed E-state index contributed by atoms with van der Waals surface area (Å²) in [5.74, 6) is -0.707. The van der Waals surface area contributed by atoms with Crippen molar-refractivity contribution in [1.82, 2.24) is 5.01 Å². The first-order valence-corrected chi connectivity index (χ1v) is 6.88. The van der Waals surface area contributed by atoms with E-state index in [4.69, 9.17) is 16.7 Å². The van der Waals surface area contributed by atoms with E-state index in [1.807, 2.05) is 0 Å². The molecule has 0 fully saturated rings. The summed E-state index contributed by atoms with van der Waals surface area (Å²) < 4.78 is 0. The number of nitrogens with zero attached hydrogens (tertiary/aromatic N) is 2. The predicted molar refractivity (Wildman–Crippen MR) is 79.3 cm³/mol. The zero-order chi connectivity index (χ0) is 15.7. The number of aliphatic carboxylic acids is 1. The summed E-state index contributed by atoms with van der Waals surface area (Å²) in [6.45, 7) is 0.0319. The van der Waals surface area contributed by atoms with Crippen molar-refractivity contribution in [3.05, 3.63) is 34.7 Å². The lowest BCUT2D eigenvalue weighted by Crippen LogP contribution is -2.31. The van der Waals surface area contributed by atoms with Gasteiger partial charge in [-0.15, -0.1) is 16.5 Å². The van der Waals surface area contributed by atoms with Crippen LogP contribution in [0.15, 0.2) is 29.6 Å². The summed E-state index contributed by atoms with van der Waals surface area (Å²) in [4.78, 5) is 32.5. The molecule has 0 spiro atoms. The average molecular weight is 314 g/mol. The Hall–Kier alpha value is -2.15. The van der Waals surface area contributed by atoms with E-state index < -0.39 is 12.0 Å². The number of hydrogen-bond donors (Lipinski definition) is 2. The first kappa shape index (κ1) is 16.9. The maximum absolute atomic E-state index is 11.7. The van der Waals surface area contributed by atoms with E-state index in [-0.39, 0.29) is 18.8 Å². The van der Waals surface area contributed by atoms with Crippen LogP contribution in [0.4, 0.5) is 10.5 Å². The van der Waals surface area contributed by atoms with E-state index in [1.54, 1.807) is 24.3 Å². The number of urea groups is 1. The number of carbonyl (C=O) groups is 2. The van der Waals surface area contributed by atoms with Gasteiger partial charge in [0.15, 0.2) is 0 Å². The minimum absolute atomic E-state index is 0.0319. The molecule has 0 atom stereocenters. The second-order valence-electron chi connectivity index (χ2n) is 4.27. The molecule has 1 aromatic rings. The van der Waals surface area contributed by atoms with Crippen molar-refractivity contribution in [2.24, 2.45) is 5.29 Å². The van der Waals surface area contributed by atoms with Crippen LogP contribution < -0.4 is 5.32 Å². The summed E-state index contributed by atoms with van der Waals surface area (Å²) in [6, 6.07) is 6.29. The molecule has 0 saturated heterocycles. The first-order valence-electron chi connectivity index (χ1n) is 6.35. The molecule has 0 aliphatic carbocycles. The molecule has 7 nitrogen and oxygen atoms in total. The number of carboxylic acid groups (broad SMARTS) is 1. The lowest BCUT2D eigenvalue weighted by Gasteiger charge is -2.13. The van der Waals surface area contributed by atoms with Gasteiger partial charge in [-0.3, -0.25) is 4.79 Å². The van der Waals surface area contributed by atoms with Crippen molar-refractivity contribution >= 4 is 29.3 Å². The van der Waals surface area contributed by atoms with Gasteiger partial charge >= 0.3 is 12.0 Å². The number of benzene rings is 1. The molecule has 2 N–H and O–H groups in total. The highest BCUT2D eigenvalue weighted by atomic mass is 35.5. The molecule has 0 heterocycles. The molecule has 2 amide bonds. The van der Waals surface area contributed by atoms with Crippen LogP contribution in [0.1, 0.15) is 18.4 Å². The van der Waals surface area contributed by atoms with Gasteiger partial charge in [-0.1, -0.05) is 12.1 Å². The van der Waals surface area contributed by atoms with Crippen LogP contribution in [0.5, 0.6) is 0 Å². The topological polar surface area (TPSA) is 99.1 Å². The van der Waals surface area contributed by atoms with E-state index >= 15 is 0 Å². The van der Waals surface area contributed by atoms with Crippen LogP contribution in [0, 0.1) is 4.91 Å². The van der Waals surface area contributed by atoms with Gasteiger partial charge in [0.05, 0.1) is 11.8 Å². The standard InChI is InChI=1S/C13H16ClN3O4/c14-8-9-17(16-21)13(20)15-11-6-4-10(5-7-11)2-1-3-12(18)19/h4-7H,1-3,8-9H2,(H,15,20)(H,18,19). The van der Waals surface area contributed by atoms with Crippen molar-refractivity contribution in [3.8, 4) is 0 Å². The second kappa shape index (κ2) is 8.91. The van der Waals surface area contributed by atoms with Crippen LogP contribution in [0.3, 0.4) is 0 Å². The maximum Gasteiger partial charge on any atom is 0.344 e. The fourth-order valence-electron chi connectivity index (χ4n) is 1.65. The van der Waals surface area contributed by atoms with Gasteiger partial charge in [-0.05, 0) is 30.5 Å². The molecule has 0 saturated carbocycles. The third-order valence-electron chi connectivity index (χ3n) is 2.69. The van der Waals surface area contributed by atoms with E-state index in [0.717, 1.165) is 5.56 Å². The van der Waals surface area contributed by atoms with Crippen molar-refractivity contribution in [2.75, 3.05) is 17.7 Å². The number of nitrogens with one attached hydrogen (secondary N) is 1. The Balaban J connectivity index is 2.52. The first-order chi connectivity index (χ1) is 10.1. The van der Waals surface area contributed by atoms with Gasteiger partial charge in [0.2, 0.25) is 0 Å². The smallest absolute Gasteiger partial charge is 0.344 e. The van der Waals surface area contributed by atoms with Crippen molar-refractivity contribution in [1.29, 1.82) is 0 Å². The summed E-state index contributed by atoms with van der Waals surface area (Å²) in [5.41, 5.74) is 1.49. The van der Waals surface area contributed by atoms with Gasteiger partial charge in [-0.2, -0.15) is 5.01 Å². The molecular weight excluding hydrogens is 298 g/mol. The fourth-order valence-corrected chi connectivity index (χ4v) is 1.81. The number of nitroso groups, excluding NO2 is 1. The second-order valence-corrected chi connectivity index (χ2v) is 4.65. The summed E-state index contributed by atoms with van der Waals surface area (Å²) >= 11 is 5.45. The minimum Gasteiger partial charge on any atom is -0.481 e. The number of carbonyl (C=O) groups excluding carboxylic acids is 1. The molecule has 1 aromatic carbocycles. The van der Waals surface area contributed by atoms with Crippen molar-refractivity contribution < 1.29 is 14.7 Å². The lowest BCUT2D eigenvalue weighted by molar-refractivity contribution is -0.137. The number of amides is 2. The lowest BCUT2D eigenvalue weighted by atomic mass is 10.1. The predicted octanol–water partition coefficient (Wildman–Crippen LogP) is 2.85. The molecule has 114 valence electrons. The SMILES string of the molecule is O=NN(CCCl)C(=O)Nc1ccc(CCCC(=O)O)cc1. The Bertz CT molecular complexity index is 493. The Kier molecular flexibility index (Phi) is 7.17. The summed E-state index contributed by atoms with van der Waals surface area (Å²) in [5, 5.41) is 14.4. The highest BCUT2D eigenvalue weighted by Gasteiger charge is 2.13. The molecule has 0 aliphatic heterocycles. The zero-order valence-corrected chi connectivity index (χ0v) is 12.0. The van der Waals surface area contributed by atoms with Gasteiger partial charge in [0, 0.05) is 18.0 Å². The Morgan fingerprint density at radius 3 is 2.48 bits per heavy atom. The maximum atomic E-state index is 11.7. The Morgan fingerprint density at radius 1 is 1.29 bits per heavy atom. The highest BCUT2D eigenvalue weighted by molar-refractivity contribution is 6.18. The molecule has 8 heteroatoms. The molecule has 0 aromatic heterocycles. The van der Waals surface area contributed by atoms with E-state index in [1.165, 1.54) is 0 Å². The van der Waals surface area contributed by atoms with E-state index in [0.29, 0.717) is 23.5 Å². The average Bonchev–Trinajstić information content (AvgIpc) is 2.46. The van der Waals surface area contributed by atoms with Crippen molar-refractivity contribution in [3.63, 3.8) is 0 Å². The number of alkyl halides is 1. The van der Waals surface area contributed by atoms with Crippen LogP contribution in [-0.4, -0.2) is 34.5 Å².